The molecule has 158 valence electrons. The van der Waals surface area contributed by atoms with E-state index in [0.717, 1.165) is 56.0 Å². The monoisotopic (exact) mass is 437 g/mol. The highest BCUT2D eigenvalue weighted by Gasteiger charge is 2.23. The number of likely N-dealkylation sites (N-methyl/N-ethyl adjacent to an activating group) is 1. The molecule has 1 aliphatic rings. The van der Waals surface area contributed by atoms with Crippen LogP contribution in [-0.4, -0.2) is 36.1 Å². The average molecular weight is 438 g/mol. The Kier molecular flexibility index (Phi) is 9.96. The van der Waals surface area contributed by atoms with Crippen molar-refractivity contribution in [3.8, 4) is 6.07 Å². The zero-order valence-corrected chi connectivity index (χ0v) is 18.4. The van der Waals surface area contributed by atoms with Gasteiger partial charge in [0.05, 0.1) is 11.6 Å². The van der Waals surface area contributed by atoms with Gasteiger partial charge in [0.1, 0.15) is 5.82 Å². The van der Waals surface area contributed by atoms with Crippen LogP contribution in [0.5, 0.6) is 0 Å². The third-order valence-electron chi connectivity index (χ3n) is 4.81. The average Bonchev–Trinajstić information content (AvgIpc) is 3.15. The molecule has 4 N–H and O–H groups in total. The van der Waals surface area contributed by atoms with Crippen LogP contribution in [-0.2, 0) is 6.42 Å². The molecule has 1 aromatic carbocycles. The molecule has 3 rings (SSSR count). The van der Waals surface area contributed by atoms with Crippen molar-refractivity contribution < 1.29 is 0 Å². The first-order valence-corrected chi connectivity index (χ1v) is 9.49. The van der Waals surface area contributed by atoms with Gasteiger partial charge < -0.3 is 21.3 Å². The topological polar surface area (TPSA) is 103 Å². The molecule has 0 spiro atoms. The molecule has 0 bridgehead atoms. The number of nitrogens with zero attached hydrogens (tertiary/aromatic N) is 4. The fourth-order valence-corrected chi connectivity index (χ4v) is 3.31. The number of halogens is 2. The van der Waals surface area contributed by atoms with E-state index in [1.165, 1.54) is 0 Å². The predicted octanol–water partition coefficient (Wildman–Crippen LogP) is 3.66. The molecule has 1 fully saturated rings. The summed E-state index contributed by atoms with van der Waals surface area (Å²) in [6.07, 6.45) is 4.24. The Balaban J connectivity index is 0.00000210. The lowest BCUT2D eigenvalue weighted by Gasteiger charge is -2.19. The van der Waals surface area contributed by atoms with Crippen molar-refractivity contribution in [1.82, 2.24) is 15.3 Å². The molecule has 1 saturated heterocycles. The lowest BCUT2D eigenvalue weighted by atomic mass is 10.2. The van der Waals surface area contributed by atoms with Gasteiger partial charge in [0.2, 0.25) is 5.95 Å². The summed E-state index contributed by atoms with van der Waals surface area (Å²) in [6, 6.07) is 9.90. The molecule has 2 heterocycles. The standard InChI is InChI=1S/C20H27N7.2ClH/c1-3-4-5-16-11-19(27-7-6-17(13-27)23-2)26-20(24-16)25-18-9-14(12-21)8-15(22)10-18;;/h8-11,17,23H,3-7,13,22H2,1-2H3,(H,24,25,26);2*1H. The second-order valence-electron chi connectivity index (χ2n) is 6.95. The van der Waals surface area contributed by atoms with E-state index in [2.05, 4.69) is 39.6 Å². The van der Waals surface area contributed by atoms with Gasteiger partial charge in [0.15, 0.2) is 0 Å². The van der Waals surface area contributed by atoms with E-state index in [1.807, 2.05) is 7.05 Å². The van der Waals surface area contributed by atoms with Crippen LogP contribution in [0.2, 0.25) is 0 Å². The molecule has 29 heavy (non-hydrogen) atoms. The van der Waals surface area contributed by atoms with E-state index >= 15 is 0 Å². The van der Waals surface area contributed by atoms with Crippen LogP contribution >= 0.6 is 24.8 Å². The second-order valence-corrected chi connectivity index (χ2v) is 6.95. The maximum absolute atomic E-state index is 9.15. The van der Waals surface area contributed by atoms with Crippen molar-refractivity contribution in [2.45, 2.75) is 38.6 Å². The van der Waals surface area contributed by atoms with Crippen LogP contribution < -0.4 is 21.3 Å². The van der Waals surface area contributed by atoms with Crippen LogP contribution in [0.1, 0.15) is 37.4 Å². The minimum Gasteiger partial charge on any atom is -0.399 e. The molecule has 1 unspecified atom stereocenters. The van der Waals surface area contributed by atoms with Crippen molar-refractivity contribution in [3.63, 3.8) is 0 Å². The molecular formula is C20H29Cl2N7. The number of hydrogen-bond acceptors (Lipinski definition) is 7. The first-order chi connectivity index (χ1) is 13.1. The summed E-state index contributed by atoms with van der Waals surface area (Å²) in [7, 11) is 2.00. The maximum atomic E-state index is 9.15. The Morgan fingerprint density at radius 1 is 1.24 bits per heavy atom. The summed E-state index contributed by atoms with van der Waals surface area (Å²) in [4.78, 5) is 11.7. The highest BCUT2D eigenvalue weighted by Crippen LogP contribution is 2.24. The zero-order valence-electron chi connectivity index (χ0n) is 16.8. The fraction of sp³-hybridized carbons (Fsp3) is 0.450. The Bertz CT molecular complexity index is 838. The molecule has 0 radical (unpaired) electrons. The number of benzene rings is 1. The highest BCUT2D eigenvalue weighted by atomic mass is 35.5. The largest absolute Gasteiger partial charge is 0.399 e. The van der Waals surface area contributed by atoms with Gasteiger partial charge in [-0.05, 0) is 44.5 Å². The van der Waals surface area contributed by atoms with E-state index in [9.17, 15) is 0 Å². The quantitative estimate of drug-likeness (QED) is 0.567. The van der Waals surface area contributed by atoms with Crippen molar-refractivity contribution in [1.29, 1.82) is 5.26 Å². The number of nitrogen functional groups attached to an aromatic ring is 1. The number of nitriles is 1. The Morgan fingerprint density at radius 2 is 2.03 bits per heavy atom. The number of nitrogens with two attached hydrogens (primary N) is 1. The molecule has 0 amide bonds. The van der Waals surface area contributed by atoms with Gasteiger partial charge in [-0.25, -0.2) is 4.98 Å². The third kappa shape index (κ3) is 6.64. The van der Waals surface area contributed by atoms with Crippen LogP contribution in [0.15, 0.2) is 24.3 Å². The Labute approximate surface area is 184 Å². The molecular weight excluding hydrogens is 409 g/mol. The van der Waals surface area contributed by atoms with Crippen molar-refractivity contribution in [2.24, 2.45) is 0 Å². The summed E-state index contributed by atoms with van der Waals surface area (Å²) in [5.41, 5.74) is 8.70. The first kappa shape index (κ1) is 24.8. The summed E-state index contributed by atoms with van der Waals surface area (Å²) >= 11 is 0. The molecule has 9 heteroatoms. The molecule has 1 atom stereocenters. The SMILES string of the molecule is CCCCc1cc(N2CCC(NC)C2)nc(Nc2cc(N)cc(C#N)c2)n1.Cl.Cl. The summed E-state index contributed by atoms with van der Waals surface area (Å²) < 4.78 is 0. The molecule has 2 aromatic rings. The van der Waals surface area contributed by atoms with Gasteiger partial charge in [0.25, 0.3) is 0 Å². The second kappa shape index (κ2) is 11.7. The van der Waals surface area contributed by atoms with E-state index in [0.29, 0.717) is 23.2 Å². The first-order valence-electron chi connectivity index (χ1n) is 9.49. The number of anilines is 4. The van der Waals surface area contributed by atoms with Gasteiger partial charge >= 0.3 is 0 Å². The molecule has 1 aliphatic heterocycles. The van der Waals surface area contributed by atoms with E-state index in [4.69, 9.17) is 16.0 Å². The molecule has 0 aliphatic carbocycles. The normalized spacial score (nSPS) is 15.2. The number of aromatic nitrogens is 2. The van der Waals surface area contributed by atoms with Gasteiger partial charge in [-0.1, -0.05) is 13.3 Å². The summed E-state index contributed by atoms with van der Waals surface area (Å²) in [5.74, 6) is 1.49. The zero-order chi connectivity index (χ0) is 19.2. The summed E-state index contributed by atoms with van der Waals surface area (Å²) in [6.45, 7) is 4.10. The van der Waals surface area contributed by atoms with Crippen molar-refractivity contribution >= 4 is 48.0 Å². The van der Waals surface area contributed by atoms with Gasteiger partial charge in [-0.3, -0.25) is 0 Å². The lowest BCUT2D eigenvalue weighted by Crippen LogP contribution is -2.30. The highest BCUT2D eigenvalue weighted by molar-refractivity contribution is 5.85. The van der Waals surface area contributed by atoms with Gasteiger partial charge in [0, 0.05) is 42.3 Å². The Morgan fingerprint density at radius 3 is 2.69 bits per heavy atom. The molecule has 7 nitrogen and oxygen atoms in total. The van der Waals surface area contributed by atoms with Crippen LogP contribution in [0, 0.1) is 11.3 Å². The smallest absolute Gasteiger partial charge is 0.229 e. The van der Waals surface area contributed by atoms with E-state index < -0.39 is 0 Å². The number of rotatable bonds is 7. The van der Waals surface area contributed by atoms with Crippen LogP contribution in [0.3, 0.4) is 0 Å². The van der Waals surface area contributed by atoms with Gasteiger partial charge in [-0.2, -0.15) is 10.2 Å². The summed E-state index contributed by atoms with van der Waals surface area (Å²) in [5, 5.41) is 15.7. The minimum absolute atomic E-state index is 0. The van der Waals surface area contributed by atoms with Crippen LogP contribution in [0.25, 0.3) is 0 Å². The number of unbranched alkanes of at least 4 members (excludes halogenated alkanes) is 1. The third-order valence-corrected chi connectivity index (χ3v) is 4.81. The predicted molar refractivity (Wildman–Crippen MR) is 124 cm³/mol. The minimum atomic E-state index is 0. The van der Waals surface area contributed by atoms with Crippen molar-refractivity contribution in [2.75, 3.05) is 36.1 Å². The van der Waals surface area contributed by atoms with Crippen molar-refractivity contribution in [3.05, 3.63) is 35.5 Å². The van der Waals surface area contributed by atoms with E-state index in [-0.39, 0.29) is 24.8 Å². The fourth-order valence-electron chi connectivity index (χ4n) is 3.31. The molecule has 0 saturated carbocycles. The van der Waals surface area contributed by atoms with E-state index in [1.54, 1.807) is 18.2 Å². The lowest BCUT2D eigenvalue weighted by molar-refractivity contribution is 0.616. The molecule has 1 aromatic heterocycles. The number of nitrogens with one attached hydrogen (secondary N) is 2. The Hall–Kier alpha value is -2.27. The van der Waals surface area contributed by atoms with Gasteiger partial charge in [-0.15, -0.1) is 24.8 Å². The maximum Gasteiger partial charge on any atom is 0.229 e. The number of hydrogen-bond donors (Lipinski definition) is 3. The number of aryl methyl sites for hydroxylation is 1. The van der Waals surface area contributed by atoms with Crippen LogP contribution in [0.4, 0.5) is 23.1 Å².